The molecule has 8 heteroatoms. The maximum Gasteiger partial charge on any atom is 0.412 e. The van der Waals surface area contributed by atoms with Crippen LogP contribution in [0.5, 0.6) is 0 Å². The van der Waals surface area contributed by atoms with Crippen molar-refractivity contribution in [2.45, 2.75) is 40.8 Å². The molecule has 0 aliphatic heterocycles. The molecule has 1 amide bonds. The highest BCUT2D eigenvalue weighted by molar-refractivity contribution is 7.19. The van der Waals surface area contributed by atoms with Crippen molar-refractivity contribution in [3.05, 3.63) is 64.1 Å². The minimum atomic E-state index is -0.513. The second-order valence-corrected chi connectivity index (χ2v) is 8.76. The molecule has 6 nitrogen and oxygen atoms in total. The van der Waals surface area contributed by atoms with Crippen LogP contribution in [0.1, 0.15) is 29.6 Å². The van der Waals surface area contributed by atoms with E-state index >= 15 is 0 Å². The summed E-state index contributed by atoms with van der Waals surface area (Å²) < 4.78 is 7.58. The third-order valence-electron chi connectivity index (χ3n) is 5.12. The summed E-state index contributed by atoms with van der Waals surface area (Å²) in [4.78, 5) is 21.5. The molecule has 4 aromatic rings. The van der Waals surface area contributed by atoms with E-state index in [2.05, 4.69) is 26.8 Å². The lowest BCUT2D eigenvalue weighted by Crippen LogP contribution is -2.13. The molecular formula is C23H23ClN4O2S. The van der Waals surface area contributed by atoms with E-state index in [1.165, 1.54) is 11.3 Å². The van der Waals surface area contributed by atoms with Gasteiger partial charge in [-0.15, -0.1) is 0 Å². The van der Waals surface area contributed by atoms with Crippen molar-refractivity contribution in [2.24, 2.45) is 0 Å². The average molecular weight is 455 g/mol. The molecule has 0 fully saturated rings. The second-order valence-electron chi connectivity index (χ2n) is 7.32. The van der Waals surface area contributed by atoms with Crippen LogP contribution in [0.3, 0.4) is 0 Å². The number of nitrogens with one attached hydrogen (secondary N) is 1. The minimum absolute atomic E-state index is 0.167. The summed E-state index contributed by atoms with van der Waals surface area (Å²) in [6, 6.07) is 11.6. The maximum absolute atomic E-state index is 12.4. The topological polar surface area (TPSA) is 69.0 Å². The van der Waals surface area contributed by atoms with E-state index in [4.69, 9.17) is 16.3 Å². The highest BCUT2D eigenvalue weighted by atomic mass is 35.5. The number of amides is 1. The Labute approximate surface area is 189 Å². The van der Waals surface area contributed by atoms with Gasteiger partial charge in [0.25, 0.3) is 0 Å². The van der Waals surface area contributed by atoms with E-state index in [-0.39, 0.29) is 6.61 Å². The number of carbonyl (C=O) groups excluding carboxylic acids is 1. The Morgan fingerprint density at radius 2 is 1.97 bits per heavy atom. The second kappa shape index (κ2) is 8.69. The smallest absolute Gasteiger partial charge is 0.412 e. The molecule has 0 saturated carbocycles. The third-order valence-corrected chi connectivity index (χ3v) is 6.46. The number of aromatic nitrogens is 3. The first-order chi connectivity index (χ1) is 14.9. The number of aryl methyl sites for hydroxylation is 4. The Morgan fingerprint density at radius 1 is 1.16 bits per heavy atom. The number of hydrogen-bond acceptors (Lipinski definition) is 5. The number of hydrogen-bond donors (Lipinski definition) is 1. The molecule has 2 heterocycles. The fourth-order valence-corrected chi connectivity index (χ4v) is 4.83. The summed E-state index contributed by atoms with van der Waals surface area (Å²) >= 11 is 7.46. The predicted molar refractivity (Wildman–Crippen MR) is 126 cm³/mol. The van der Waals surface area contributed by atoms with Gasteiger partial charge in [-0.3, -0.25) is 5.32 Å². The van der Waals surface area contributed by atoms with Crippen LogP contribution in [0, 0.1) is 20.8 Å². The van der Waals surface area contributed by atoms with Crippen LogP contribution >= 0.6 is 22.9 Å². The number of nitrogens with zero attached hydrogens (tertiary/aromatic N) is 3. The van der Waals surface area contributed by atoms with Gasteiger partial charge in [0.05, 0.1) is 16.7 Å². The van der Waals surface area contributed by atoms with Crippen molar-refractivity contribution < 1.29 is 9.53 Å². The van der Waals surface area contributed by atoms with Crippen LogP contribution in [0.2, 0.25) is 5.02 Å². The lowest BCUT2D eigenvalue weighted by Gasteiger charge is -2.07. The van der Waals surface area contributed by atoms with Crippen LogP contribution in [0.25, 0.3) is 21.6 Å². The molecule has 0 radical (unpaired) electrons. The van der Waals surface area contributed by atoms with Crippen molar-refractivity contribution in [1.29, 1.82) is 0 Å². The number of fused-ring (bicyclic) bond motifs is 1. The van der Waals surface area contributed by atoms with Gasteiger partial charge in [-0.05, 0) is 63.1 Å². The maximum atomic E-state index is 12.4. The fraction of sp³-hybridized carbons (Fsp3) is 0.261. The molecule has 31 heavy (non-hydrogen) atoms. The molecular weight excluding hydrogens is 432 g/mol. The first kappa shape index (κ1) is 21.3. The molecule has 4 rings (SSSR count). The SMILES string of the molecule is CCn1c(C)nc2cc(COC(=O)Nc3sc(-c4ccc(Cl)cc4C)nc3C)ccc21. The third kappa shape index (κ3) is 4.43. The van der Waals surface area contributed by atoms with Gasteiger partial charge in [-0.1, -0.05) is 35.1 Å². The first-order valence-corrected chi connectivity index (χ1v) is 11.2. The van der Waals surface area contributed by atoms with Gasteiger partial charge in [0, 0.05) is 17.1 Å². The summed E-state index contributed by atoms with van der Waals surface area (Å²) in [5, 5.41) is 4.99. The van der Waals surface area contributed by atoms with Crippen LogP contribution in [-0.2, 0) is 17.9 Å². The van der Waals surface area contributed by atoms with Crippen molar-refractivity contribution in [2.75, 3.05) is 5.32 Å². The number of carbonyl (C=O) groups is 1. The first-order valence-electron chi connectivity index (χ1n) is 9.99. The van der Waals surface area contributed by atoms with Crippen molar-refractivity contribution in [3.8, 4) is 10.6 Å². The molecule has 2 aromatic carbocycles. The summed E-state index contributed by atoms with van der Waals surface area (Å²) in [5.74, 6) is 0.973. The van der Waals surface area contributed by atoms with E-state index in [0.29, 0.717) is 10.0 Å². The monoisotopic (exact) mass is 454 g/mol. The zero-order valence-corrected chi connectivity index (χ0v) is 19.4. The largest absolute Gasteiger partial charge is 0.444 e. The molecule has 0 saturated heterocycles. The van der Waals surface area contributed by atoms with Gasteiger partial charge in [0.15, 0.2) is 0 Å². The van der Waals surface area contributed by atoms with Gasteiger partial charge in [-0.2, -0.15) is 0 Å². The normalized spacial score (nSPS) is 11.1. The van der Waals surface area contributed by atoms with E-state index in [9.17, 15) is 4.79 Å². The fourth-order valence-electron chi connectivity index (χ4n) is 3.56. The molecule has 2 aromatic heterocycles. The molecule has 0 atom stereocenters. The highest BCUT2D eigenvalue weighted by Gasteiger charge is 2.15. The number of benzene rings is 2. The number of imidazole rings is 1. The molecule has 0 unspecified atom stereocenters. The van der Waals surface area contributed by atoms with Crippen LogP contribution in [0.15, 0.2) is 36.4 Å². The van der Waals surface area contributed by atoms with E-state index < -0.39 is 6.09 Å². The molecule has 160 valence electrons. The van der Waals surface area contributed by atoms with Crippen LogP contribution in [-0.4, -0.2) is 20.6 Å². The van der Waals surface area contributed by atoms with Gasteiger partial charge in [-0.25, -0.2) is 14.8 Å². The van der Waals surface area contributed by atoms with E-state index in [0.717, 1.165) is 50.8 Å². The quantitative estimate of drug-likeness (QED) is 0.373. The highest BCUT2D eigenvalue weighted by Crippen LogP contribution is 2.34. The Morgan fingerprint density at radius 3 is 2.71 bits per heavy atom. The summed E-state index contributed by atoms with van der Waals surface area (Å²) in [5.41, 5.74) is 5.65. The predicted octanol–water partition coefficient (Wildman–Crippen LogP) is 6.51. The molecule has 0 aliphatic carbocycles. The van der Waals surface area contributed by atoms with Crippen LogP contribution in [0.4, 0.5) is 9.80 Å². The number of halogens is 1. The Bertz CT molecular complexity index is 1280. The number of thiazole rings is 1. The molecule has 0 aliphatic rings. The van der Waals surface area contributed by atoms with Gasteiger partial charge in [0.1, 0.15) is 22.4 Å². The minimum Gasteiger partial charge on any atom is -0.444 e. The molecule has 0 bridgehead atoms. The molecule has 0 spiro atoms. The number of anilines is 1. The van der Waals surface area contributed by atoms with Crippen molar-refractivity contribution in [1.82, 2.24) is 14.5 Å². The Hall–Kier alpha value is -2.90. The van der Waals surface area contributed by atoms with Gasteiger partial charge in [0.2, 0.25) is 0 Å². The van der Waals surface area contributed by atoms with Crippen molar-refractivity contribution in [3.63, 3.8) is 0 Å². The lowest BCUT2D eigenvalue weighted by molar-refractivity contribution is 0.155. The summed E-state index contributed by atoms with van der Waals surface area (Å²) in [7, 11) is 0. The Balaban J connectivity index is 1.43. The molecule has 1 N–H and O–H groups in total. The van der Waals surface area contributed by atoms with E-state index in [1.54, 1.807) is 0 Å². The summed E-state index contributed by atoms with van der Waals surface area (Å²) in [6.07, 6.45) is -0.513. The van der Waals surface area contributed by atoms with Gasteiger partial charge >= 0.3 is 6.09 Å². The van der Waals surface area contributed by atoms with E-state index in [1.807, 2.05) is 57.2 Å². The Kier molecular flexibility index (Phi) is 5.98. The van der Waals surface area contributed by atoms with Gasteiger partial charge < -0.3 is 9.30 Å². The lowest BCUT2D eigenvalue weighted by atomic mass is 10.1. The zero-order valence-electron chi connectivity index (χ0n) is 17.8. The van der Waals surface area contributed by atoms with Crippen LogP contribution < -0.4 is 5.32 Å². The number of rotatable bonds is 5. The number of ether oxygens (including phenoxy) is 1. The average Bonchev–Trinajstić information content (AvgIpc) is 3.24. The standard InChI is InChI=1S/C23H23ClN4O2S/c1-5-28-15(4)26-19-11-16(6-9-20(19)28)12-30-23(29)27-21-14(3)25-22(31-21)18-8-7-17(24)10-13(18)2/h6-11H,5,12H2,1-4H3,(H,27,29). The summed E-state index contributed by atoms with van der Waals surface area (Å²) in [6.45, 7) is 8.97. The van der Waals surface area contributed by atoms with Crippen molar-refractivity contribution >= 4 is 45.1 Å². The zero-order chi connectivity index (χ0) is 22.1.